The van der Waals surface area contributed by atoms with Crippen molar-refractivity contribution in [3.05, 3.63) is 17.4 Å². The zero-order chi connectivity index (χ0) is 10.5. The molecule has 82 valence electrons. The lowest BCUT2D eigenvalue weighted by molar-refractivity contribution is 0.548. The summed E-state index contributed by atoms with van der Waals surface area (Å²) in [6, 6.07) is 0. The van der Waals surface area contributed by atoms with Gasteiger partial charge in [-0.15, -0.1) is 0 Å². The lowest BCUT2D eigenvalue weighted by Gasteiger charge is -2.08. The van der Waals surface area contributed by atoms with E-state index in [4.69, 9.17) is 11.6 Å². The van der Waals surface area contributed by atoms with Crippen LogP contribution in [0.25, 0.3) is 0 Å². The van der Waals surface area contributed by atoms with Crippen LogP contribution in [0.1, 0.15) is 12.8 Å². The molecule has 1 aliphatic rings. The molecule has 5 heteroatoms. The average Bonchev–Trinajstić information content (AvgIpc) is 2.74. The fraction of sp³-hybridized carbons (Fsp3) is 0.600. The van der Waals surface area contributed by atoms with Crippen molar-refractivity contribution in [1.29, 1.82) is 0 Å². The largest absolute Gasteiger partial charge is 0.354 e. The Morgan fingerprint density at radius 3 is 2.93 bits per heavy atom. The molecule has 0 bridgehead atoms. The van der Waals surface area contributed by atoms with E-state index in [1.54, 1.807) is 12.4 Å². The molecule has 1 aliphatic heterocycles. The Labute approximate surface area is 94.5 Å². The molecule has 2 rings (SSSR count). The highest BCUT2D eigenvalue weighted by Gasteiger charge is 2.13. The predicted octanol–water partition coefficient (Wildman–Crippen LogP) is 1.54. The maximum Gasteiger partial charge on any atom is 0.222 e. The molecule has 2 heterocycles. The summed E-state index contributed by atoms with van der Waals surface area (Å²) in [5.74, 6) is 1.45. The van der Waals surface area contributed by atoms with Crippen LogP contribution in [0.3, 0.4) is 0 Å². The number of rotatable bonds is 4. The van der Waals surface area contributed by atoms with Crippen molar-refractivity contribution >= 4 is 17.5 Å². The van der Waals surface area contributed by atoms with Gasteiger partial charge in [-0.25, -0.2) is 9.97 Å². The van der Waals surface area contributed by atoms with Crippen LogP contribution in [-0.4, -0.2) is 29.6 Å². The molecular weight excluding hydrogens is 212 g/mol. The van der Waals surface area contributed by atoms with Crippen LogP contribution in [0.4, 0.5) is 5.95 Å². The van der Waals surface area contributed by atoms with E-state index in [2.05, 4.69) is 20.6 Å². The molecule has 1 fully saturated rings. The fourth-order valence-electron chi connectivity index (χ4n) is 1.75. The summed E-state index contributed by atoms with van der Waals surface area (Å²) in [4.78, 5) is 8.15. The highest BCUT2D eigenvalue weighted by molar-refractivity contribution is 6.30. The van der Waals surface area contributed by atoms with E-state index in [9.17, 15) is 0 Å². The molecule has 1 atom stereocenters. The van der Waals surface area contributed by atoms with Crippen molar-refractivity contribution < 1.29 is 0 Å². The highest BCUT2D eigenvalue weighted by Crippen LogP contribution is 2.12. The first-order valence-corrected chi connectivity index (χ1v) is 5.64. The van der Waals surface area contributed by atoms with Gasteiger partial charge in [0.25, 0.3) is 0 Å². The zero-order valence-corrected chi connectivity index (χ0v) is 9.30. The summed E-state index contributed by atoms with van der Waals surface area (Å²) in [5.41, 5.74) is 0. The van der Waals surface area contributed by atoms with Gasteiger partial charge in [-0.2, -0.15) is 0 Å². The summed E-state index contributed by atoms with van der Waals surface area (Å²) in [6.45, 7) is 3.22. The van der Waals surface area contributed by atoms with E-state index in [-0.39, 0.29) is 0 Å². The Morgan fingerprint density at radius 1 is 1.47 bits per heavy atom. The van der Waals surface area contributed by atoms with Gasteiger partial charge >= 0.3 is 0 Å². The Hall–Kier alpha value is -0.870. The molecule has 0 aromatic carbocycles. The van der Waals surface area contributed by atoms with E-state index >= 15 is 0 Å². The molecule has 0 radical (unpaired) electrons. The first-order chi connectivity index (χ1) is 7.34. The van der Waals surface area contributed by atoms with Crippen molar-refractivity contribution in [2.45, 2.75) is 12.8 Å². The summed E-state index contributed by atoms with van der Waals surface area (Å²) in [5, 5.41) is 7.11. The smallest absolute Gasteiger partial charge is 0.222 e. The SMILES string of the molecule is Clc1cnc(NCCC2CCNC2)nc1. The van der Waals surface area contributed by atoms with Gasteiger partial charge in [-0.3, -0.25) is 0 Å². The van der Waals surface area contributed by atoms with Gasteiger partial charge in [-0.1, -0.05) is 11.6 Å². The first kappa shape index (κ1) is 10.6. The third-order valence-electron chi connectivity index (χ3n) is 2.62. The van der Waals surface area contributed by atoms with Crippen molar-refractivity contribution in [2.75, 3.05) is 25.0 Å². The van der Waals surface area contributed by atoms with Gasteiger partial charge in [0.2, 0.25) is 5.95 Å². The van der Waals surface area contributed by atoms with E-state index in [1.807, 2.05) is 0 Å². The summed E-state index contributed by atoms with van der Waals surface area (Å²) in [6.07, 6.45) is 5.66. The molecule has 1 saturated heterocycles. The van der Waals surface area contributed by atoms with Gasteiger partial charge in [0.1, 0.15) is 0 Å². The summed E-state index contributed by atoms with van der Waals surface area (Å²) < 4.78 is 0. The molecule has 15 heavy (non-hydrogen) atoms. The monoisotopic (exact) mass is 226 g/mol. The molecule has 0 aliphatic carbocycles. The van der Waals surface area contributed by atoms with Gasteiger partial charge in [0.15, 0.2) is 0 Å². The third kappa shape index (κ3) is 3.32. The van der Waals surface area contributed by atoms with Gasteiger partial charge in [0.05, 0.1) is 17.4 Å². The van der Waals surface area contributed by atoms with E-state index in [1.165, 1.54) is 12.8 Å². The molecule has 0 saturated carbocycles. The number of nitrogens with zero attached hydrogens (tertiary/aromatic N) is 2. The zero-order valence-electron chi connectivity index (χ0n) is 8.54. The molecule has 1 aromatic heterocycles. The van der Waals surface area contributed by atoms with Crippen molar-refractivity contribution in [3.63, 3.8) is 0 Å². The van der Waals surface area contributed by atoms with Crippen LogP contribution in [0.15, 0.2) is 12.4 Å². The van der Waals surface area contributed by atoms with Crippen LogP contribution in [0, 0.1) is 5.92 Å². The molecule has 1 unspecified atom stereocenters. The molecule has 2 N–H and O–H groups in total. The van der Waals surface area contributed by atoms with Crippen molar-refractivity contribution in [2.24, 2.45) is 5.92 Å². The lowest BCUT2D eigenvalue weighted by atomic mass is 10.1. The van der Waals surface area contributed by atoms with Crippen molar-refractivity contribution in [1.82, 2.24) is 15.3 Å². The number of hydrogen-bond donors (Lipinski definition) is 2. The molecule has 1 aromatic rings. The minimum absolute atomic E-state index is 0.570. The number of hydrogen-bond acceptors (Lipinski definition) is 4. The highest BCUT2D eigenvalue weighted by atomic mass is 35.5. The molecule has 0 spiro atoms. The standard InChI is InChI=1S/C10H15ClN4/c11-9-6-14-10(15-7-9)13-4-2-8-1-3-12-5-8/h6-8,12H,1-5H2,(H,13,14,15). The maximum atomic E-state index is 5.69. The Kier molecular flexibility index (Phi) is 3.75. The van der Waals surface area contributed by atoms with Gasteiger partial charge < -0.3 is 10.6 Å². The number of aromatic nitrogens is 2. The van der Waals surface area contributed by atoms with Crippen LogP contribution in [-0.2, 0) is 0 Å². The molecular formula is C10H15ClN4. The first-order valence-electron chi connectivity index (χ1n) is 5.27. The van der Waals surface area contributed by atoms with E-state index in [0.717, 1.165) is 25.6 Å². The molecule has 4 nitrogen and oxygen atoms in total. The Balaban J connectivity index is 1.71. The minimum Gasteiger partial charge on any atom is -0.354 e. The summed E-state index contributed by atoms with van der Waals surface area (Å²) in [7, 11) is 0. The quantitative estimate of drug-likeness (QED) is 0.818. The lowest BCUT2D eigenvalue weighted by Crippen LogP contribution is -2.13. The van der Waals surface area contributed by atoms with E-state index < -0.39 is 0 Å². The second-order valence-electron chi connectivity index (χ2n) is 3.80. The second kappa shape index (κ2) is 5.28. The number of nitrogens with one attached hydrogen (secondary N) is 2. The second-order valence-corrected chi connectivity index (χ2v) is 4.24. The number of anilines is 1. The number of halogens is 1. The van der Waals surface area contributed by atoms with Crippen LogP contribution in [0.2, 0.25) is 5.02 Å². The van der Waals surface area contributed by atoms with Crippen LogP contribution >= 0.6 is 11.6 Å². The Bertz CT molecular complexity index is 295. The third-order valence-corrected chi connectivity index (χ3v) is 2.81. The van der Waals surface area contributed by atoms with Crippen molar-refractivity contribution in [3.8, 4) is 0 Å². The topological polar surface area (TPSA) is 49.8 Å². The average molecular weight is 227 g/mol. The normalized spacial score (nSPS) is 20.5. The predicted molar refractivity (Wildman–Crippen MR) is 61.1 cm³/mol. The van der Waals surface area contributed by atoms with Crippen LogP contribution in [0.5, 0.6) is 0 Å². The van der Waals surface area contributed by atoms with E-state index in [0.29, 0.717) is 11.0 Å². The minimum atomic E-state index is 0.570. The van der Waals surface area contributed by atoms with Gasteiger partial charge in [0, 0.05) is 6.54 Å². The van der Waals surface area contributed by atoms with Gasteiger partial charge in [-0.05, 0) is 31.8 Å². The van der Waals surface area contributed by atoms with Crippen LogP contribution < -0.4 is 10.6 Å². The maximum absolute atomic E-state index is 5.69. The summed E-state index contributed by atoms with van der Waals surface area (Å²) >= 11 is 5.69. The Morgan fingerprint density at radius 2 is 2.27 bits per heavy atom. The fourth-order valence-corrected chi connectivity index (χ4v) is 1.85. The molecule has 0 amide bonds.